The predicted octanol–water partition coefficient (Wildman–Crippen LogP) is -0.262. The van der Waals surface area contributed by atoms with E-state index in [1.54, 1.807) is 25.3 Å². The van der Waals surface area contributed by atoms with Gasteiger partial charge in [0, 0.05) is 6.20 Å². The summed E-state index contributed by atoms with van der Waals surface area (Å²) in [6.07, 6.45) is 1.60. The van der Waals surface area contributed by atoms with E-state index in [1.165, 1.54) is 0 Å². The Balaban J connectivity index is 2.78. The van der Waals surface area contributed by atoms with Crippen LogP contribution in [0.2, 0.25) is 0 Å². The maximum absolute atomic E-state index is 8.44. The molecule has 0 fully saturated rings. The second kappa shape index (κ2) is 3.36. The molecule has 11 heavy (non-hydrogen) atoms. The normalized spacial score (nSPS) is 9.36. The molecule has 0 saturated heterocycles. The van der Waals surface area contributed by atoms with Crippen LogP contribution in [0.15, 0.2) is 18.3 Å². The van der Waals surface area contributed by atoms with Crippen molar-refractivity contribution in [2.24, 2.45) is 0 Å². The molecule has 0 amide bonds. The summed E-state index contributed by atoms with van der Waals surface area (Å²) in [6.45, 7) is 1.72. The molecule has 1 heterocycles. The van der Waals surface area contributed by atoms with Crippen molar-refractivity contribution in [1.29, 1.82) is 0 Å². The first-order valence-electron chi connectivity index (χ1n) is 3.14. The molecule has 0 aromatic carbocycles. The van der Waals surface area contributed by atoms with Crippen molar-refractivity contribution in [3.63, 3.8) is 0 Å². The maximum atomic E-state index is 8.44. The van der Waals surface area contributed by atoms with E-state index >= 15 is 0 Å². The van der Waals surface area contributed by atoms with Crippen molar-refractivity contribution in [2.75, 3.05) is 0 Å². The van der Waals surface area contributed by atoms with E-state index in [2.05, 4.69) is 9.64 Å². The van der Waals surface area contributed by atoms with E-state index < -0.39 is 7.32 Å². The molecular formula is C6H8BNO3. The molecular weight excluding hydrogens is 145 g/mol. The third-order valence-electron chi connectivity index (χ3n) is 1.19. The monoisotopic (exact) mass is 153 g/mol. The SMILES string of the molecule is Cc1ncccc1OB(O)O. The Morgan fingerprint density at radius 3 is 2.82 bits per heavy atom. The largest absolute Gasteiger partial charge is 0.707 e. The molecule has 2 N–H and O–H groups in total. The standard InChI is InChI=1S/C6H8BNO3/c1-5-6(11-7(9)10)3-2-4-8-5/h2-4,9-10H,1H3. The van der Waals surface area contributed by atoms with Crippen LogP contribution >= 0.6 is 0 Å². The highest BCUT2D eigenvalue weighted by Crippen LogP contribution is 2.12. The summed E-state index contributed by atoms with van der Waals surface area (Å²) in [5.41, 5.74) is 0.626. The number of aryl methyl sites for hydroxylation is 1. The molecule has 1 aromatic rings. The Morgan fingerprint density at radius 2 is 2.27 bits per heavy atom. The van der Waals surface area contributed by atoms with E-state index in [9.17, 15) is 0 Å². The zero-order chi connectivity index (χ0) is 8.27. The summed E-state index contributed by atoms with van der Waals surface area (Å²) in [5, 5.41) is 16.9. The van der Waals surface area contributed by atoms with Gasteiger partial charge in [-0.25, -0.2) is 0 Å². The lowest BCUT2D eigenvalue weighted by Gasteiger charge is -2.05. The highest BCUT2D eigenvalue weighted by Gasteiger charge is 2.12. The second-order valence-electron chi connectivity index (χ2n) is 2.03. The van der Waals surface area contributed by atoms with Crippen LogP contribution in [-0.2, 0) is 0 Å². The van der Waals surface area contributed by atoms with Crippen LogP contribution in [0.4, 0.5) is 0 Å². The topological polar surface area (TPSA) is 62.6 Å². The fraction of sp³-hybridized carbons (Fsp3) is 0.167. The number of hydrogen-bond acceptors (Lipinski definition) is 4. The minimum absolute atomic E-state index is 0.377. The van der Waals surface area contributed by atoms with E-state index in [-0.39, 0.29) is 0 Å². The van der Waals surface area contributed by atoms with E-state index in [0.717, 1.165) is 0 Å². The Labute approximate surface area is 64.6 Å². The molecule has 0 aliphatic rings. The first-order valence-corrected chi connectivity index (χ1v) is 3.14. The molecule has 0 aliphatic heterocycles. The van der Waals surface area contributed by atoms with Crippen LogP contribution in [0.1, 0.15) is 5.69 Å². The molecule has 0 aliphatic carbocycles. The molecule has 0 radical (unpaired) electrons. The van der Waals surface area contributed by atoms with Crippen LogP contribution in [-0.4, -0.2) is 22.4 Å². The first-order chi connectivity index (χ1) is 5.20. The van der Waals surface area contributed by atoms with Gasteiger partial charge in [0.25, 0.3) is 0 Å². The number of hydrogen-bond donors (Lipinski definition) is 2. The molecule has 5 heteroatoms. The fourth-order valence-corrected chi connectivity index (χ4v) is 0.708. The lowest BCUT2D eigenvalue weighted by molar-refractivity contribution is 0.286. The lowest BCUT2D eigenvalue weighted by Crippen LogP contribution is -2.21. The summed E-state index contributed by atoms with van der Waals surface area (Å²) < 4.78 is 4.59. The smallest absolute Gasteiger partial charge is 0.510 e. The zero-order valence-electron chi connectivity index (χ0n) is 6.06. The van der Waals surface area contributed by atoms with Crippen molar-refractivity contribution in [2.45, 2.75) is 6.92 Å². The molecule has 58 valence electrons. The Morgan fingerprint density at radius 1 is 1.55 bits per heavy atom. The van der Waals surface area contributed by atoms with Gasteiger partial charge in [-0.05, 0) is 19.1 Å². The van der Waals surface area contributed by atoms with Crippen molar-refractivity contribution in [1.82, 2.24) is 4.98 Å². The van der Waals surface area contributed by atoms with E-state index in [1.807, 2.05) is 0 Å². The van der Waals surface area contributed by atoms with Crippen molar-refractivity contribution < 1.29 is 14.7 Å². The van der Waals surface area contributed by atoms with Gasteiger partial charge in [-0.2, -0.15) is 0 Å². The Bertz CT molecular complexity index is 241. The minimum Gasteiger partial charge on any atom is -0.510 e. The molecule has 4 nitrogen and oxygen atoms in total. The van der Waals surface area contributed by atoms with Crippen LogP contribution in [0.3, 0.4) is 0 Å². The summed E-state index contributed by atoms with van der Waals surface area (Å²) in [6, 6.07) is 3.27. The molecule has 1 rings (SSSR count). The van der Waals surface area contributed by atoms with Gasteiger partial charge in [-0.1, -0.05) is 0 Å². The molecule has 0 spiro atoms. The fourth-order valence-electron chi connectivity index (χ4n) is 0.708. The van der Waals surface area contributed by atoms with Gasteiger partial charge in [0.15, 0.2) is 0 Å². The van der Waals surface area contributed by atoms with Gasteiger partial charge in [0.2, 0.25) is 0 Å². The van der Waals surface area contributed by atoms with Gasteiger partial charge >= 0.3 is 7.32 Å². The van der Waals surface area contributed by atoms with Gasteiger partial charge in [-0.3, -0.25) is 4.98 Å². The second-order valence-corrected chi connectivity index (χ2v) is 2.03. The van der Waals surface area contributed by atoms with Crippen molar-refractivity contribution >= 4 is 7.32 Å². The summed E-state index contributed by atoms with van der Waals surface area (Å²) in [7, 11) is -1.78. The number of aromatic nitrogens is 1. The van der Waals surface area contributed by atoms with Gasteiger partial charge in [0.1, 0.15) is 5.75 Å². The Kier molecular flexibility index (Phi) is 2.46. The quantitative estimate of drug-likeness (QED) is 0.574. The molecule has 0 atom stereocenters. The zero-order valence-corrected chi connectivity index (χ0v) is 6.06. The van der Waals surface area contributed by atoms with Crippen LogP contribution in [0, 0.1) is 6.92 Å². The van der Waals surface area contributed by atoms with Crippen molar-refractivity contribution in [3.8, 4) is 5.75 Å². The van der Waals surface area contributed by atoms with Gasteiger partial charge in [-0.15, -0.1) is 0 Å². The maximum Gasteiger partial charge on any atom is 0.707 e. The summed E-state index contributed by atoms with van der Waals surface area (Å²) in [4.78, 5) is 3.88. The number of rotatable bonds is 2. The predicted molar refractivity (Wildman–Crippen MR) is 39.8 cm³/mol. The van der Waals surface area contributed by atoms with Crippen LogP contribution < -0.4 is 4.65 Å². The lowest BCUT2D eigenvalue weighted by atomic mass is 10.2. The highest BCUT2D eigenvalue weighted by molar-refractivity contribution is 6.33. The van der Waals surface area contributed by atoms with E-state index in [0.29, 0.717) is 11.4 Å². The Hall–Kier alpha value is -1.07. The summed E-state index contributed by atoms with van der Waals surface area (Å²) in [5.74, 6) is 0.377. The van der Waals surface area contributed by atoms with Crippen LogP contribution in [0.25, 0.3) is 0 Å². The van der Waals surface area contributed by atoms with E-state index in [4.69, 9.17) is 10.0 Å². The third-order valence-corrected chi connectivity index (χ3v) is 1.19. The van der Waals surface area contributed by atoms with Crippen LogP contribution in [0.5, 0.6) is 5.75 Å². The van der Waals surface area contributed by atoms with Gasteiger partial charge in [0.05, 0.1) is 5.69 Å². The molecule has 0 saturated carbocycles. The third kappa shape index (κ3) is 2.21. The number of nitrogens with zero attached hydrogens (tertiary/aromatic N) is 1. The summed E-state index contributed by atoms with van der Waals surface area (Å²) >= 11 is 0. The average molecular weight is 153 g/mol. The minimum atomic E-state index is -1.78. The van der Waals surface area contributed by atoms with Gasteiger partial charge < -0.3 is 14.7 Å². The molecule has 0 unspecified atom stereocenters. The molecule has 0 bridgehead atoms. The van der Waals surface area contributed by atoms with Crippen molar-refractivity contribution in [3.05, 3.63) is 24.0 Å². The highest BCUT2D eigenvalue weighted by atomic mass is 16.6. The number of pyridine rings is 1. The molecule has 1 aromatic heterocycles. The average Bonchev–Trinajstić information content (AvgIpc) is 1.93. The first kappa shape index (κ1) is 8.04.